The molecule has 1 aromatic carbocycles. The first kappa shape index (κ1) is 12.8. The van der Waals surface area contributed by atoms with Crippen molar-refractivity contribution in [3.63, 3.8) is 0 Å². The largest absolute Gasteiger partial charge is 0.299 e. The molecule has 0 N–H and O–H groups in total. The van der Waals surface area contributed by atoms with Gasteiger partial charge in [0.05, 0.1) is 22.8 Å². The van der Waals surface area contributed by atoms with Gasteiger partial charge in [-0.3, -0.25) is 19.3 Å². The lowest BCUT2D eigenvalue weighted by Crippen LogP contribution is -2.36. The number of fused-ring (bicyclic) bond motifs is 1. The summed E-state index contributed by atoms with van der Waals surface area (Å²) in [5.41, 5.74) is 0.618. The summed E-state index contributed by atoms with van der Waals surface area (Å²) in [6, 6.07) is 4.83. The number of hydrogen-bond acceptors (Lipinski definition) is 3. The third-order valence-electron chi connectivity index (χ3n) is 2.91. The number of carbonyl (C=O) groups excluding carboxylic acids is 3. The van der Waals surface area contributed by atoms with Crippen molar-refractivity contribution in [2.24, 2.45) is 5.92 Å². The number of rotatable bonds is 3. The Hall–Kier alpha value is -1.68. The van der Waals surface area contributed by atoms with Crippen molar-refractivity contribution in [2.45, 2.75) is 13.8 Å². The maximum atomic E-state index is 11.8. The van der Waals surface area contributed by atoms with Gasteiger partial charge < -0.3 is 0 Å². The van der Waals surface area contributed by atoms with E-state index < -0.39 is 11.7 Å². The number of Topliss-reactive ketones (excluding diaryl/α,β-unsaturated/α-hetero) is 2. The molecule has 94 valence electrons. The molecule has 0 unspecified atom stereocenters. The molecule has 0 saturated carbocycles. The molecule has 1 aromatic rings. The van der Waals surface area contributed by atoms with Crippen LogP contribution in [0.4, 0.5) is 5.69 Å². The van der Waals surface area contributed by atoms with Gasteiger partial charge in [0.25, 0.3) is 11.7 Å². The fourth-order valence-corrected chi connectivity index (χ4v) is 2.05. The third-order valence-corrected chi connectivity index (χ3v) is 3.22. The molecule has 5 heteroatoms. The summed E-state index contributed by atoms with van der Waals surface area (Å²) in [4.78, 5) is 36.5. The quantitative estimate of drug-likeness (QED) is 0.787. The molecule has 18 heavy (non-hydrogen) atoms. The normalized spacial score (nSPS) is 14.3. The van der Waals surface area contributed by atoms with Crippen molar-refractivity contribution in [1.29, 1.82) is 0 Å². The van der Waals surface area contributed by atoms with Crippen molar-refractivity contribution in [2.75, 3.05) is 11.4 Å². The molecule has 2 rings (SSSR count). The molecule has 4 nitrogen and oxygen atoms in total. The van der Waals surface area contributed by atoms with Gasteiger partial charge in [-0.2, -0.15) is 0 Å². The highest BCUT2D eigenvalue weighted by atomic mass is 35.5. The molecule has 1 amide bonds. The summed E-state index contributed by atoms with van der Waals surface area (Å²) in [6.07, 6.45) is 0. The topological polar surface area (TPSA) is 54.5 Å². The van der Waals surface area contributed by atoms with E-state index in [1.807, 2.05) is 0 Å². The van der Waals surface area contributed by atoms with E-state index in [2.05, 4.69) is 0 Å². The predicted octanol–water partition coefficient (Wildman–Crippen LogP) is 2.09. The van der Waals surface area contributed by atoms with Gasteiger partial charge in [0.15, 0.2) is 5.78 Å². The van der Waals surface area contributed by atoms with Crippen LogP contribution >= 0.6 is 11.6 Å². The molecule has 0 radical (unpaired) electrons. The number of benzene rings is 1. The van der Waals surface area contributed by atoms with Crippen LogP contribution in [-0.2, 0) is 9.59 Å². The van der Waals surface area contributed by atoms with E-state index in [1.165, 1.54) is 4.90 Å². The van der Waals surface area contributed by atoms with E-state index in [-0.39, 0.29) is 28.8 Å². The van der Waals surface area contributed by atoms with Crippen molar-refractivity contribution in [1.82, 2.24) is 0 Å². The van der Waals surface area contributed by atoms with Crippen LogP contribution in [0.2, 0.25) is 5.02 Å². The number of nitrogens with zero attached hydrogens (tertiary/aromatic N) is 1. The van der Waals surface area contributed by atoms with Crippen LogP contribution in [-0.4, -0.2) is 24.0 Å². The molecular weight excluding hydrogens is 254 g/mol. The number of ketones is 2. The molecule has 0 saturated heterocycles. The zero-order valence-electron chi connectivity index (χ0n) is 10.1. The second-order valence-corrected chi connectivity index (χ2v) is 4.88. The molecule has 0 bridgehead atoms. The average molecular weight is 266 g/mol. The summed E-state index contributed by atoms with van der Waals surface area (Å²) in [7, 11) is 0. The zero-order valence-corrected chi connectivity index (χ0v) is 10.8. The van der Waals surface area contributed by atoms with Crippen molar-refractivity contribution >= 4 is 34.8 Å². The van der Waals surface area contributed by atoms with Crippen molar-refractivity contribution < 1.29 is 14.4 Å². The van der Waals surface area contributed by atoms with Crippen LogP contribution in [0.1, 0.15) is 24.2 Å². The fourth-order valence-electron chi connectivity index (χ4n) is 1.80. The molecule has 0 fully saturated rings. The highest BCUT2D eigenvalue weighted by Gasteiger charge is 2.38. The van der Waals surface area contributed by atoms with Gasteiger partial charge in [-0.05, 0) is 12.1 Å². The van der Waals surface area contributed by atoms with Crippen LogP contribution in [0.5, 0.6) is 0 Å². The molecular formula is C13H12ClNO3. The Bertz CT molecular complexity index is 551. The Balaban J connectivity index is 2.41. The second-order valence-electron chi connectivity index (χ2n) is 4.48. The second kappa shape index (κ2) is 4.53. The van der Waals surface area contributed by atoms with Gasteiger partial charge in [0.2, 0.25) is 0 Å². The minimum atomic E-state index is -0.688. The summed E-state index contributed by atoms with van der Waals surface area (Å²) in [5, 5.41) is 0.241. The monoisotopic (exact) mass is 265 g/mol. The van der Waals surface area contributed by atoms with Crippen molar-refractivity contribution in [3.8, 4) is 0 Å². The molecule has 0 spiro atoms. The summed E-state index contributed by atoms with van der Waals surface area (Å²) >= 11 is 5.91. The minimum Gasteiger partial charge on any atom is -0.297 e. The number of amides is 1. The number of anilines is 1. The third kappa shape index (κ3) is 1.93. The van der Waals surface area contributed by atoms with Crippen LogP contribution in [0.3, 0.4) is 0 Å². The zero-order chi connectivity index (χ0) is 13.4. The Morgan fingerprint density at radius 3 is 2.61 bits per heavy atom. The van der Waals surface area contributed by atoms with Crippen LogP contribution in [0, 0.1) is 5.92 Å². The first-order valence-corrected chi connectivity index (χ1v) is 5.98. The number of carbonyl (C=O) groups is 3. The fraction of sp³-hybridized carbons (Fsp3) is 0.308. The van der Waals surface area contributed by atoms with Gasteiger partial charge >= 0.3 is 0 Å². The first-order valence-electron chi connectivity index (χ1n) is 5.61. The number of halogens is 1. The van der Waals surface area contributed by atoms with E-state index in [9.17, 15) is 14.4 Å². The van der Waals surface area contributed by atoms with Crippen LogP contribution in [0.25, 0.3) is 0 Å². The molecule has 0 aliphatic carbocycles. The van der Waals surface area contributed by atoms with E-state index in [1.54, 1.807) is 32.0 Å². The lowest BCUT2D eigenvalue weighted by atomic mass is 10.1. The lowest BCUT2D eigenvalue weighted by Gasteiger charge is -2.16. The SMILES string of the molecule is CC(C)C(=O)CN1C(=O)C(=O)c2c(Cl)cccc21. The minimum absolute atomic E-state index is 0.0877. The van der Waals surface area contributed by atoms with E-state index in [0.717, 1.165) is 0 Å². The van der Waals surface area contributed by atoms with Crippen molar-refractivity contribution in [3.05, 3.63) is 28.8 Å². The standard InChI is InChI=1S/C13H12ClNO3/c1-7(2)10(16)6-15-9-5-3-4-8(14)11(9)12(17)13(15)18/h3-5,7H,6H2,1-2H3. The van der Waals surface area contributed by atoms with Crippen LogP contribution < -0.4 is 4.90 Å². The van der Waals surface area contributed by atoms with E-state index in [4.69, 9.17) is 11.6 Å². The number of hydrogen-bond donors (Lipinski definition) is 0. The first-order chi connectivity index (χ1) is 8.43. The molecule has 0 aromatic heterocycles. The molecule has 1 aliphatic rings. The van der Waals surface area contributed by atoms with Gasteiger partial charge in [-0.15, -0.1) is 0 Å². The summed E-state index contributed by atoms with van der Waals surface area (Å²) < 4.78 is 0. The van der Waals surface area contributed by atoms with Gasteiger partial charge in [0, 0.05) is 5.92 Å². The Kier molecular flexibility index (Phi) is 3.22. The van der Waals surface area contributed by atoms with Gasteiger partial charge in [0.1, 0.15) is 0 Å². The van der Waals surface area contributed by atoms with Gasteiger partial charge in [-0.1, -0.05) is 31.5 Å². The highest BCUT2D eigenvalue weighted by Crippen LogP contribution is 2.33. The van der Waals surface area contributed by atoms with E-state index >= 15 is 0 Å². The Labute approximate surface area is 110 Å². The molecule has 0 atom stereocenters. The maximum Gasteiger partial charge on any atom is 0.299 e. The lowest BCUT2D eigenvalue weighted by molar-refractivity contribution is -0.122. The average Bonchev–Trinajstić information content (AvgIpc) is 2.55. The summed E-state index contributed by atoms with van der Waals surface area (Å²) in [5.74, 6) is -1.61. The molecule has 1 heterocycles. The smallest absolute Gasteiger partial charge is 0.297 e. The Morgan fingerprint density at radius 1 is 1.33 bits per heavy atom. The highest BCUT2D eigenvalue weighted by molar-refractivity contribution is 6.55. The van der Waals surface area contributed by atoms with Crippen LogP contribution in [0.15, 0.2) is 18.2 Å². The van der Waals surface area contributed by atoms with E-state index in [0.29, 0.717) is 5.69 Å². The summed E-state index contributed by atoms with van der Waals surface area (Å²) in [6.45, 7) is 3.42. The predicted molar refractivity (Wildman–Crippen MR) is 68.0 cm³/mol. The van der Waals surface area contributed by atoms with Gasteiger partial charge in [-0.25, -0.2) is 0 Å². The maximum absolute atomic E-state index is 11.8. The Morgan fingerprint density at radius 2 is 2.00 bits per heavy atom. The molecule has 1 aliphatic heterocycles.